The van der Waals surface area contributed by atoms with Crippen LogP contribution < -0.4 is 0 Å². The summed E-state index contributed by atoms with van der Waals surface area (Å²) in [6.45, 7) is 4.16. The molecule has 0 aromatic rings. The highest BCUT2D eigenvalue weighted by Gasteiger charge is 2.16. The highest BCUT2D eigenvalue weighted by atomic mass is 32.1. The van der Waals surface area contributed by atoms with Gasteiger partial charge < -0.3 is 4.79 Å². The molecule has 0 N–H and O–H groups in total. The molecule has 0 aliphatic heterocycles. The minimum absolute atomic E-state index is 0.403. The van der Waals surface area contributed by atoms with E-state index in [9.17, 15) is 4.79 Å². The number of unbranched alkanes of at least 4 members (excludes halogenated alkanes) is 9. The lowest BCUT2D eigenvalue weighted by atomic mass is 10.0. The van der Waals surface area contributed by atoms with Crippen molar-refractivity contribution in [2.24, 2.45) is 0 Å². The second kappa shape index (κ2) is 11.1. The van der Waals surface area contributed by atoms with Crippen LogP contribution in [-0.4, -0.2) is 11.0 Å². The van der Waals surface area contributed by atoms with Crippen LogP contribution in [0.5, 0.6) is 0 Å². The van der Waals surface area contributed by atoms with E-state index in [4.69, 9.17) is 0 Å². The van der Waals surface area contributed by atoms with E-state index in [-0.39, 0.29) is 0 Å². The molecule has 2 heteroatoms. The van der Waals surface area contributed by atoms with Crippen LogP contribution in [0.15, 0.2) is 0 Å². The molecule has 0 saturated carbocycles. The number of hydrogen-bond acceptors (Lipinski definition) is 2. The van der Waals surface area contributed by atoms with E-state index in [0.29, 0.717) is 0 Å². The van der Waals surface area contributed by atoms with Crippen LogP contribution >= 0.6 is 12.6 Å². The average Bonchev–Trinajstić information content (AvgIpc) is 2.31. The molecule has 0 bridgehead atoms. The van der Waals surface area contributed by atoms with Crippen LogP contribution in [0.3, 0.4) is 0 Å². The van der Waals surface area contributed by atoms with Crippen molar-refractivity contribution in [2.45, 2.75) is 89.2 Å². The van der Waals surface area contributed by atoms with Crippen molar-refractivity contribution in [1.29, 1.82) is 0 Å². The van der Waals surface area contributed by atoms with Crippen molar-refractivity contribution in [1.82, 2.24) is 0 Å². The molecule has 0 aromatic carbocycles. The van der Waals surface area contributed by atoms with E-state index >= 15 is 0 Å². The predicted octanol–water partition coefficient (Wildman–Crippen LogP) is 5.18. The van der Waals surface area contributed by atoms with Crippen molar-refractivity contribution >= 4 is 18.9 Å². The summed E-state index contributed by atoms with van der Waals surface area (Å²) >= 11 is 4.31. The van der Waals surface area contributed by atoms with Crippen LogP contribution in [0.2, 0.25) is 0 Å². The molecule has 0 aliphatic carbocycles. The molecule has 102 valence electrons. The van der Waals surface area contributed by atoms with Gasteiger partial charge in [0.2, 0.25) is 0 Å². The Morgan fingerprint density at radius 1 is 0.882 bits per heavy atom. The van der Waals surface area contributed by atoms with E-state index in [2.05, 4.69) is 19.6 Å². The molecule has 0 radical (unpaired) electrons. The third-order valence-corrected chi connectivity index (χ3v) is 3.62. The number of hydrogen-bond donors (Lipinski definition) is 1. The molecule has 0 fully saturated rings. The number of carbonyl (C=O) groups is 1. The molecule has 0 heterocycles. The fourth-order valence-electron chi connectivity index (χ4n) is 2.03. The van der Waals surface area contributed by atoms with Gasteiger partial charge >= 0.3 is 0 Å². The van der Waals surface area contributed by atoms with Gasteiger partial charge in [0.25, 0.3) is 0 Å². The summed E-state index contributed by atoms with van der Waals surface area (Å²) in [4.78, 5) is 10.6. The minimum atomic E-state index is -0.403. The molecule has 1 unspecified atom stereocenters. The molecule has 0 rings (SSSR count). The van der Waals surface area contributed by atoms with E-state index in [1.807, 2.05) is 6.92 Å². The van der Waals surface area contributed by atoms with Gasteiger partial charge in [-0.3, -0.25) is 0 Å². The summed E-state index contributed by atoms with van der Waals surface area (Å²) < 4.78 is -0.403. The van der Waals surface area contributed by atoms with Crippen molar-refractivity contribution < 1.29 is 4.79 Å². The Morgan fingerprint density at radius 2 is 1.29 bits per heavy atom. The number of rotatable bonds is 12. The zero-order chi connectivity index (χ0) is 13.0. The van der Waals surface area contributed by atoms with E-state index in [0.717, 1.165) is 19.1 Å². The second-order valence-corrected chi connectivity index (χ2v) is 6.43. The second-order valence-electron chi connectivity index (χ2n) is 5.41. The molecular weight excluding hydrogens is 228 g/mol. The topological polar surface area (TPSA) is 17.1 Å². The Kier molecular flexibility index (Phi) is 11.1. The van der Waals surface area contributed by atoms with Gasteiger partial charge in [-0.2, -0.15) is 12.6 Å². The van der Waals surface area contributed by atoms with Gasteiger partial charge in [0, 0.05) is 0 Å². The first-order chi connectivity index (χ1) is 8.12. The monoisotopic (exact) mass is 258 g/mol. The first-order valence-electron chi connectivity index (χ1n) is 7.31. The normalized spacial score (nSPS) is 14.5. The molecule has 17 heavy (non-hydrogen) atoms. The summed E-state index contributed by atoms with van der Waals surface area (Å²) in [6.07, 6.45) is 15.3. The summed E-state index contributed by atoms with van der Waals surface area (Å²) in [7, 11) is 0. The molecule has 0 aromatic heterocycles. The maximum atomic E-state index is 10.6. The molecular formula is C15H30OS. The third kappa shape index (κ3) is 12.3. The maximum absolute atomic E-state index is 10.6. The fourth-order valence-corrected chi connectivity index (χ4v) is 2.19. The average molecular weight is 258 g/mol. The highest BCUT2D eigenvalue weighted by molar-refractivity contribution is 7.82. The van der Waals surface area contributed by atoms with E-state index in [1.165, 1.54) is 57.8 Å². The van der Waals surface area contributed by atoms with Gasteiger partial charge in [0.15, 0.2) is 0 Å². The van der Waals surface area contributed by atoms with Gasteiger partial charge in [-0.1, -0.05) is 71.1 Å². The summed E-state index contributed by atoms with van der Waals surface area (Å²) in [5.41, 5.74) is 0. The lowest BCUT2D eigenvalue weighted by Crippen LogP contribution is -2.17. The molecule has 1 atom stereocenters. The van der Waals surface area contributed by atoms with Gasteiger partial charge in [0.05, 0.1) is 4.75 Å². The lowest BCUT2D eigenvalue weighted by molar-refractivity contribution is -0.109. The van der Waals surface area contributed by atoms with Crippen molar-refractivity contribution in [3.8, 4) is 0 Å². The standard InChI is InChI=1S/C15H30OS/c1-3-4-5-6-7-8-9-10-11-12-13-15(2,17)14-16/h14,17H,3-13H2,1-2H3. The SMILES string of the molecule is CCCCCCCCCCCCC(C)(S)C=O. The Bertz CT molecular complexity index is 178. The van der Waals surface area contributed by atoms with Gasteiger partial charge in [-0.05, 0) is 13.3 Å². The first kappa shape index (κ1) is 17.0. The Balaban J connectivity index is 3.11. The quantitative estimate of drug-likeness (QED) is 0.290. The molecule has 0 aliphatic rings. The van der Waals surface area contributed by atoms with Crippen LogP contribution in [0, 0.1) is 0 Å². The molecule has 0 amide bonds. The minimum Gasteiger partial charge on any atom is -0.302 e. The zero-order valence-electron chi connectivity index (χ0n) is 11.7. The lowest BCUT2D eigenvalue weighted by Gasteiger charge is -2.14. The Morgan fingerprint density at radius 3 is 1.71 bits per heavy atom. The van der Waals surface area contributed by atoms with Crippen molar-refractivity contribution in [3.63, 3.8) is 0 Å². The van der Waals surface area contributed by atoms with E-state index in [1.54, 1.807) is 0 Å². The van der Waals surface area contributed by atoms with Gasteiger partial charge in [0.1, 0.15) is 6.29 Å². The highest BCUT2D eigenvalue weighted by Crippen LogP contribution is 2.20. The predicted molar refractivity (Wildman–Crippen MR) is 79.9 cm³/mol. The largest absolute Gasteiger partial charge is 0.302 e. The summed E-state index contributed by atoms with van der Waals surface area (Å²) in [5, 5.41) is 0. The summed E-state index contributed by atoms with van der Waals surface area (Å²) in [5.74, 6) is 0. The van der Waals surface area contributed by atoms with Crippen LogP contribution in [0.1, 0.15) is 84.5 Å². The Hall–Kier alpha value is 0.0200. The van der Waals surface area contributed by atoms with Crippen molar-refractivity contribution in [2.75, 3.05) is 0 Å². The third-order valence-electron chi connectivity index (χ3n) is 3.29. The maximum Gasteiger partial charge on any atom is 0.135 e. The Labute approximate surface area is 113 Å². The number of carbonyl (C=O) groups excluding carboxylic acids is 1. The molecule has 0 spiro atoms. The van der Waals surface area contributed by atoms with Gasteiger partial charge in [-0.15, -0.1) is 0 Å². The zero-order valence-corrected chi connectivity index (χ0v) is 12.6. The van der Waals surface area contributed by atoms with E-state index < -0.39 is 4.75 Å². The van der Waals surface area contributed by atoms with Crippen LogP contribution in [0.25, 0.3) is 0 Å². The first-order valence-corrected chi connectivity index (χ1v) is 7.76. The fraction of sp³-hybridized carbons (Fsp3) is 0.933. The smallest absolute Gasteiger partial charge is 0.135 e. The number of thiol groups is 1. The van der Waals surface area contributed by atoms with Crippen LogP contribution in [-0.2, 0) is 4.79 Å². The number of aldehydes is 1. The molecule has 0 saturated heterocycles. The summed E-state index contributed by atoms with van der Waals surface area (Å²) in [6, 6.07) is 0. The molecule has 1 nitrogen and oxygen atoms in total. The van der Waals surface area contributed by atoms with Crippen LogP contribution in [0.4, 0.5) is 0 Å². The van der Waals surface area contributed by atoms with Crippen molar-refractivity contribution in [3.05, 3.63) is 0 Å². The van der Waals surface area contributed by atoms with Gasteiger partial charge in [-0.25, -0.2) is 0 Å².